The van der Waals surface area contributed by atoms with Gasteiger partial charge in [-0.3, -0.25) is 0 Å². The van der Waals surface area contributed by atoms with Gasteiger partial charge in [0.15, 0.2) is 0 Å². The Morgan fingerprint density at radius 2 is 2.10 bits per heavy atom. The lowest BCUT2D eigenvalue weighted by Gasteiger charge is -2.10. The maximum absolute atomic E-state index is 13.3. The lowest BCUT2D eigenvalue weighted by Crippen LogP contribution is -2.11. The van der Waals surface area contributed by atoms with Crippen LogP contribution in [0.5, 0.6) is 0 Å². The topological polar surface area (TPSA) is 26.5 Å². The fourth-order valence-electron chi connectivity index (χ4n) is 3.34. The molecule has 150 valence electrons. The minimum Gasteiger partial charge on any atom is -0.474 e. The van der Waals surface area contributed by atoms with Crippen LogP contribution in [-0.2, 0) is 17.0 Å². The van der Waals surface area contributed by atoms with Crippen molar-refractivity contribution < 1.29 is 9.13 Å². The summed E-state index contributed by atoms with van der Waals surface area (Å²) in [5.41, 5.74) is 4.39. The number of aliphatic imine (C=N–C) groups is 1. The van der Waals surface area contributed by atoms with E-state index in [1.165, 1.54) is 23.3 Å². The summed E-state index contributed by atoms with van der Waals surface area (Å²) in [5.74, 6) is 2.22. The van der Waals surface area contributed by atoms with Crippen LogP contribution in [0.2, 0.25) is 5.02 Å². The van der Waals surface area contributed by atoms with Gasteiger partial charge in [-0.25, -0.2) is 9.38 Å². The Labute approximate surface area is 179 Å². The van der Waals surface area contributed by atoms with E-state index >= 15 is 0 Å². The molecule has 0 amide bonds. The summed E-state index contributed by atoms with van der Waals surface area (Å²) in [4.78, 5) is 4.78. The summed E-state index contributed by atoms with van der Waals surface area (Å²) in [6, 6.07) is 17.2. The van der Waals surface area contributed by atoms with Gasteiger partial charge in [0.05, 0.1) is 6.04 Å². The van der Waals surface area contributed by atoms with Crippen molar-refractivity contribution in [2.24, 2.45) is 4.99 Å². The van der Waals surface area contributed by atoms with Crippen molar-refractivity contribution in [1.82, 2.24) is 4.57 Å². The van der Waals surface area contributed by atoms with Crippen molar-refractivity contribution in [3.8, 4) is 0 Å². The zero-order valence-electron chi connectivity index (χ0n) is 16.1. The van der Waals surface area contributed by atoms with Crippen molar-refractivity contribution in [1.29, 1.82) is 0 Å². The average Bonchev–Trinajstić information content (AvgIpc) is 3.33. The largest absolute Gasteiger partial charge is 0.474 e. The number of ether oxygens (including phenoxy) is 1. The summed E-state index contributed by atoms with van der Waals surface area (Å²) in [6.07, 6.45) is 1.96. The van der Waals surface area contributed by atoms with Crippen LogP contribution in [0.3, 0.4) is 0 Å². The highest BCUT2D eigenvalue weighted by molar-refractivity contribution is 7.98. The van der Waals surface area contributed by atoms with Crippen LogP contribution in [-0.4, -0.2) is 28.9 Å². The molecule has 0 saturated carbocycles. The fraction of sp³-hybridized carbons (Fsp3) is 0.261. The highest BCUT2D eigenvalue weighted by atomic mass is 35.5. The fourth-order valence-corrected chi connectivity index (χ4v) is 4.54. The molecule has 1 aliphatic heterocycles. The SMILES string of the molecule is Cc1cccc(CSCC2COC(c3cccn3Cc3ccc(F)cc3Cl)=N2)c1. The number of hydrogen-bond donors (Lipinski definition) is 0. The molecule has 0 fully saturated rings. The Hall–Kier alpha value is -2.24. The number of nitrogens with zero attached hydrogens (tertiary/aromatic N) is 2. The second kappa shape index (κ2) is 9.06. The number of benzene rings is 2. The zero-order chi connectivity index (χ0) is 20.2. The van der Waals surface area contributed by atoms with Gasteiger partial charge in [-0.1, -0.05) is 47.5 Å². The standard InChI is InChI=1S/C23H22ClFN2OS/c1-16-4-2-5-17(10-16)14-29-15-20-13-28-23(26-20)22-6-3-9-27(22)12-18-7-8-19(25)11-21(18)24/h2-11,20H,12-15H2,1H3. The lowest BCUT2D eigenvalue weighted by atomic mass is 10.2. The van der Waals surface area contributed by atoms with Gasteiger partial charge in [0, 0.05) is 29.3 Å². The number of rotatable bonds is 7. The second-order valence-electron chi connectivity index (χ2n) is 7.16. The molecule has 0 aliphatic carbocycles. The van der Waals surface area contributed by atoms with Crippen LogP contribution in [0, 0.1) is 12.7 Å². The molecule has 1 aromatic heterocycles. The summed E-state index contributed by atoms with van der Waals surface area (Å²) >= 11 is 8.06. The van der Waals surface area contributed by atoms with Crippen LogP contribution in [0.25, 0.3) is 0 Å². The zero-order valence-corrected chi connectivity index (χ0v) is 17.7. The molecule has 0 N–H and O–H groups in total. The summed E-state index contributed by atoms with van der Waals surface area (Å²) < 4.78 is 21.2. The molecule has 0 radical (unpaired) electrons. The van der Waals surface area contributed by atoms with E-state index in [0.29, 0.717) is 24.1 Å². The van der Waals surface area contributed by atoms with Crippen molar-refractivity contribution >= 4 is 29.3 Å². The first-order valence-electron chi connectivity index (χ1n) is 9.52. The molecule has 3 nitrogen and oxygen atoms in total. The minimum atomic E-state index is -0.332. The van der Waals surface area contributed by atoms with Crippen LogP contribution in [0.15, 0.2) is 65.8 Å². The molecule has 1 aliphatic rings. The first kappa shape index (κ1) is 20.0. The monoisotopic (exact) mass is 428 g/mol. The Morgan fingerprint density at radius 1 is 1.21 bits per heavy atom. The van der Waals surface area contributed by atoms with E-state index in [-0.39, 0.29) is 11.9 Å². The number of thioether (sulfide) groups is 1. The molecule has 3 aromatic rings. The van der Waals surface area contributed by atoms with E-state index in [4.69, 9.17) is 21.3 Å². The third-order valence-corrected chi connectivity index (χ3v) is 6.29. The molecule has 1 unspecified atom stereocenters. The van der Waals surface area contributed by atoms with Crippen LogP contribution >= 0.6 is 23.4 Å². The summed E-state index contributed by atoms with van der Waals surface area (Å²) in [6.45, 7) is 3.25. The Kier molecular flexibility index (Phi) is 6.26. The number of aromatic nitrogens is 1. The molecule has 0 bridgehead atoms. The maximum atomic E-state index is 13.3. The summed E-state index contributed by atoms with van der Waals surface area (Å²) in [7, 11) is 0. The highest BCUT2D eigenvalue weighted by Crippen LogP contribution is 2.22. The summed E-state index contributed by atoms with van der Waals surface area (Å²) in [5, 5.41) is 0.421. The lowest BCUT2D eigenvalue weighted by molar-refractivity contribution is 0.323. The van der Waals surface area contributed by atoms with Gasteiger partial charge in [0.25, 0.3) is 0 Å². The molecule has 2 heterocycles. The Morgan fingerprint density at radius 3 is 2.93 bits per heavy atom. The first-order chi connectivity index (χ1) is 14.1. The van der Waals surface area contributed by atoms with Crippen LogP contribution < -0.4 is 0 Å². The van der Waals surface area contributed by atoms with E-state index in [1.807, 2.05) is 34.7 Å². The smallest absolute Gasteiger partial charge is 0.233 e. The van der Waals surface area contributed by atoms with E-state index in [2.05, 4.69) is 31.2 Å². The first-order valence-corrected chi connectivity index (χ1v) is 11.0. The van der Waals surface area contributed by atoms with E-state index in [0.717, 1.165) is 22.8 Å². The third kappa shape index (κ3) is 5.03. The van der Waals surface area contributed by atoms with Gasteiger partial charge in [0.1, 0.15) is 18.1 Å². The Balaban J connectivity index is 1.39. The molecular formula is C23H22ClFN2OS. The van der Waals surface area contributed by atoms with Crippen molar-refractivity contribution in [3.05, 3.63) is 94.0 Å². The number of hydrogen-bond acceptors (Lipinski definition) is 3. The minimum absolute atomic E-state index is 0.151. The Bertz CT molecular complexity index is 1030. The van der Waals surface area contributed by atoms with Gasteiger partial charge in [-0.2, -0.15) is 11.8 Å². The van der Waals surface area contributed by atoms with Crippen molar-refractivity contribution in [2.45, 2.75) is 25.3 Å². The molecular weight excluding hydrogens is 407 g/mol. The number of halogens is 2. The van der Waals surface area contributed by atoms with Gasteiger partial charge in [-0.05, 0) is 42.3 Å². The van der Waals surface area contributed by atoms with Crippen LogP contribution in [0.1, 0.15) is 22.4 Å². The molecule has 4 rings (SSSR count). The second-order valence-corrected chi connectivity index (χ2v) is 8.60. The molecule has 6 heteroatoms. The molecule has 29 heavy (non-hydrogen) atoms. The van der Waals surface area contributed by atoms with Crippen LogP contribution in [0.4, 0.5) is 4.39 Å². The predicted molar refractivity (Wildman–Crippen MR) is 119 cm³/mol. The normalized spacial score (nSPS) is 16.0. The average molecular weight is 429 g/mol. The van der Waals surface area contributed by atoms with E-state index < -0.39 is 0 Å². The number of aryl methyl sites for hydroxylation is 1. The van der Waals surface area contributed by atoms with Gasteiger partial charge < -0.3 is 9.30 Å². The van der Waals surface area contributed by atoms with Gasteiger partial charge in [-0.15, -0.1) is 0 Å². The van der Waals surface area contributed by atoms with Gasteiger partial charge in [0.2, 0.25) is 5.90 Å². The van der Waals surface area contributed by atoms with E-state index in [9.17, 15) is 4.39 Å². The molecule has 0 saturated heterocycles. The van der Waals surface area contributed by atoms with E-state index in [1.54, 1.807) is 6.07 Å². The maximum Gasteiger partial charge on any atom is 0.233 e. The molecule has 2 aromatic carbocycles. The van der Waals surface area contributed by atoms with Crippen molar-refractivity contribution in [2.75, 3.05) is 12.4 Å². The molecule has 0 spiro atoms. The molecule has 1 atom stereocenters. The third-order valence-electron chi connectivity index (χ3n) is 4.78. The van der Waals surface area contributed by atoms with Gasteiger partial charge >= 0.3 is 0 Å². The quantitative estimate of drug-likeness (QED) is 0.481. The predicted octanol–water partition coefficient (Wildman–Crippen LogP) is 5.72. The highest BCUT2D eigenvalue weighted by Gasteiger charge is 2.22. The van der Waals surface area contributed by atoms with Crippen molar-refractivity contribution in [3.63, 3.8) is 0 Å².